The predicted molar refractivity (Wildman–Crippen MR) is 60.8 cm³/mol. The van der Waals surface area contributed by atoms with Gasteiger partial charge in [-0.3, -0.25) is 4.79 Å². The van der Waals surface area contributed by atoms with E-state index < -0.39 is 28.9 Å². The molecule has 1 aliphatic heterocycles. The van der Waals surface area contributed by atoms with Gasteiger partial charge in [-0.1, -0.05) is 0 Å². The molecular weight excluding hydrogens is 242 g/mol. The van der Waals surface area contributed by atoms with Gasteiger partial charge in [0.15, 0.2) is 5.78 Å². The summed E-state index contributed by atoms with van der Waals surface area (Å²) in [6.07, 6.45) is 0.184. The number of methoxy groups -OCH3 is 1. The summed E-state index contributed by atoms with van der Waals surface area (Å²) in [4.78, 5) is 12.1. The molecule has 0 bridgehead atoms. The summed E-state index contributed by atoms with van der Waals surface area (Å²) >= 11 is 0. The zero-order valence-electron chi connectivity index (χ0n) is 10.2. The van der Waals surface area contributed by atoms with Gasteiger partial charge in [0.05, 0.1) is 24.7 Å². The molecule has 98 valence electrons. The quantitative estimate of drug-likeness (QED) is 0.780. The first-order valence-electron chi connectivity index (χ1n) is 5.73. The number of hydrogen-bond acceptors (Lipinski definition) is 3. The first-order chi connectivity index (χ1) is 8.54. The number of carbonyl (C=O) groups is 1. The molecule has 3 nitrogen and oxygen atoms in total. The highest BCUT2D eigenvalue weighted by atomic mass is 19.1. The van der Waals surface area contributed by atoms with Crippen molar-refractivity contribution in [3.05, 3.63) is 29.3 Å². The maximum atomic E-state index is 13.7. The second-order valence-corrected chi connectivity index (χ2v) is 4.30. The molecule has 1 heterocycles. The molecule has 0 aliphatic carbocycles. The van der Waals surface area contributed by atoms with Crippen LogP contribution in [0.15, 0.2) is 12.1 Å². The minimum Gasteiger partial charge on any atom is -0.497 e. The molecule has 1 aromatic rings. The van der Waals surface area contributed by atoms with E-state index in [0.29, 0.717) is 13.0 Å². The molecule has 1 saturated heterocycles. The molecule has 1 aliphatic rings. The summed E-state index contributed by atoms with van der Waals surface area (Å²) in [5.74, 6) is -2.76. The Morgan fingerprint density at radius 1 is 1.39 bits per heavy atom. The van der Waals surface area contributed by atoms with Crippen LogP contribution in [0.25, 0.3) is 0 Å². The molecule has 18 heavy (non-hydrogen) atoms. The van der Waals surface area contributed by atoms with Gasteiger partial charge in [-0.25, -0.2) is 8.78 Å². The van der Waals surface area contributed by atoms with Gasteiger partial charge in [-0.15, -0.1) is 0 Å². The lowest BCUT2D eigenvalue weighted by Crippen LogP contribution is -2.23. The van der Waals surface area contributed by atoms with Crippen LogP contribution in [0.4, 0.5) is 8.78 Å². The third kappa shape index (κ3) is 2.22. The number of ketones is 1. The van der Waals surface area contributed by atoms with Crippen molar-refractivity contribution in [3.8, 4) is 5.75 Å². The molecule has 1 aromatic carbocycles. The lowest BCUT2D eigenvalue weighted by molar-refractivity contribution is 0.0757. The summed E-state index contributed by atoms with van der Waals surface area (Å²) in [5.41, 5.74) is -0.502. The van der Waals surface area contributed by atoms with Gasteiger partial charge >= 0.3 is 0 Å². The van der Waals surface area contributed by atoms with E-state index in [-0.39, 0.29) is 11.9 Å². The van der Waals surface area contributed by atoms with E-state index in [1.807, 2.05) is 0 Å². The van der Waals surface area contributed by atoms with Crippen LogP contribution in [0.1, 0.15) is 23.7 Å². The van der Waals surface area contributed by atoms with E-state index in [1.54, 1.807) is 6.92 Å². The molecule has 0 saturated carbocycles. The Kier molecular flexibility index (Phi) is 3.61. The van der Waals surface area contributed by atoms with Crippen LogP contribution in [0.5, 0.6) is 5.75 Å². The SMILES string of the molecule is COc1cc(F)c(C(=O)C2CCOC2C)c(F)c1. The largest absolute Gasteiger partial charge is 0.497 e. The van der Waals surface area contributed by atoms with Crippen LogP contribution >= 0.6 is 0 Å². The topological polar surface area (TPSA) is 35.5 Å². The molecule has 0 spiro atoms. The third-order valence-electron chi connectivity index (χ3n) is 3.21. The van der Waals surface area contributed by atoms with Crippen molar-refractivity contribution in [1.29, 1.82) is 0 Å². The number of carbonyl (C=O) groups excluding carboxylic acids is 1. The molecule has 1 fully saturated rings. The predicted octanol–water partition coefficient (Wildman–Crippen LogP) is 2.58. The lowest BCUT2D eigenvalue weighted by Gasteiger charge is -2.14. The van der Waals surface area contributed by atoms with Crippen molar-refractivity contribution in [2.45, 2.75) is 19.4 Å². The fourth-order valence-electron chi connectivity index (χ4n) is 2.16. The molecule has 0 N–H and O–H groups in total. The van der Waals surface area contributed by atoms with E-state index in [4.69, 9.17) is 9.47 Å². The Labute approximate surface area is 104 Å². The normalized spacial score (nSPS) is 23.1. The van der Waals surface area contributed by atoms with Gasteiger partial charge in [0, 0.05) is 18.7 Å². The van der Waals surface area contributed by atoms with E-state index in [1.165, 1.54) is 7.11 Å². The molecule has 0 aromatic heterocycles. The monoisotopic (exact) mass is 256 g/mol. The van der Waals surface area contributed by atoms with Crippen LogP contribution in [-0.2, 0) is 4.74 Å². The second-order valence-electron chi connectivity index (χ2n) is 4.30. The van der Waals surface area contributed by atoms with Gasteiger partial charge in [0.1, 0.15) is 17.4 Å². The number of rotatable bonds is 3. The van der Waals surface area contributed by atoms with Crippen molar-refractivity contribution in [2.75, 3.05) is 13.7 Å². The highest BCUT2D eigenvalue weighted by Crippen LogP contribution is 2.28. The summed E-state index contributed by atoms with van der Waals surface area (Å²) < 4.78 is 37.5. The lowest BCUT2D eigenvalue weighted by atomic mass is 9.92. The van der Waals surface area contributed by atoms with Crippen molar-refractivity contribution in [3.63, 3.8) is 0 Å². The van der Waals surface area contributed by atoms with Crippen LogP contribution in [-0.4, -0.2) is 25.6 Å². The molecule has 2 rings (SSSR count). The zero-order valence-corrected chi connectivity index (χ0v) is 10.2. The number of halogens is 2. The minimum absolute atomic E-state index is 0.0530. The summed E-state index contributed by atoms with van der Waals surface area (Å²) in [5, 5.41) is 0. The fourth-order valence-corrected chi connectivity index (χ4v) is 2.16. The van der Waals surface area contributed by atoms with E-state index >= 15 is 0 Å². The molecular formula is C13H14F2O3. The molecule has 0 amide bonds. The highest BCUT2D eigenvalue weighted by molar-refractivity contribution is 5.99. The maximum Gasteiger partial charge on any atom is 0.174 e. The molecule has 5 heteroatoms. The van der Waals surface area contributed by atoms with Gasteiger partial charge in [-0.2, -0.15) is 0 Å². The minimum atomic E-state index is -0.893. The molecule has 2 unspecified atom stereocenters. The number of Topliss-reactive ketones (excluding diaryl/α,β-unsaturated/α-hetero) is 1. The zero-order chi connectivity index (χ0) is 13.3. The average Bonchev–Trinajstić information content (AvgIpc) is 2.74. The van der Waals surface area contributed by atoms with Gasteiger partial charge in [0.2, 0.25) is 0 Å². The highest BCUT2D eigenvalue weighted by Gasteiger charge is 2.34. The van der Waals surface area contributed by atoms with Gasteiger partial charge in [0.25, 0.3) is 0 Å². The van der Waals surface area contributed by atoms with Crippen molar-refractivity contribution in [1.82, 2.24) is 0 Å². The Morgan fingerprint density at radius 2 is 2.00 bits per heavy atom. The third-order valence-corrected chi connectivity index (χ3v) is 3.21. The smallest absolute Gasteiger partial charge is 0.174 e. The number of hydrogen-bond donors (Lipinski definition) is 0. The van der Waals surface area contributed by atoms with E-state index in [2.05, 4.69) is 0 Å². The van der Waals surface area contributed by atoms with E-state index in [9.17, 15) is 13.6 Å². The molecule has 2 atom stereocenters. The summed E-state index contributed by atoms with van der Waals surface area (Å²) in [7, 11) is 1.31. The standard InChI is InChI=1S/C13H14F2O3/c1-7-9(3-4-18-7)13(16)12-10(14)5-8(17-2)6-11(12)15/h5-7,9H,3-4H2,1-2H3. The van der Waals surface area contributed by atoms with Crippen molar-refractivity contribution >= 4 is 5.78 Å². The second kappa shape index (κ2) is 5.02. The fraction of sp³-hybridized carbons (Fsp3) is 0.462. The first-order valence-corrected chi connectivity index (χ1v) is 5.73. The Balaban J connectivity index is 2.36. The van der Waals surface area contributed by atoms with Crippen molar-refractivity contribution in [2.24, 2.45) is 5.92 Å². The van der Waals surface area contributed by atoms with Gasteiger partial charge < -0.3 is 9.47 Å². The summed E-state index contributed by atoms with van der Waals surface area (Å²) in [6, 6.07) is 2.02. The number of benzene rings is 1. The first kappa shape index (κ1) is 13.0. The van der Waals surface area contributed by atoms with Gasteiger partial charge in [-0.05, 0) is 13.3 Å². The number of ether oxygens (including phenoxy) is 2. The summed E-state index contributed by atoms with van der Waals surface area (Å²) in [6.45, 7) is 2.17. The molecule has 0 radical (unpaired) electrons. The average molecular weight is 256 g/mol. The Hall–Kier alpha value is -1.49. The van der Waals surface area contributed by atoms with Crippen molar-refractivity contribution < 1.29 is 23.0 Å². The maximum absolute atomic E-state index is 13.7. The van der Waals surface area contributed by atoms with Crippen LogP contribution in [0.3, 0.4) is 0 Å². The Morgan fingerprint density at radius 3 is 2.44 bits per heavy atom. The van der Waals surface area contributed by atoms with Crippen LogP contribution in [0, 0.1) is 17.6 Å². The van der Waals surface area contributed by atoms with E-state index in [0.717, 1.165) is 12.1 Å². The van der Waals surface area contributed by atoms with Crippen LogP contribution < -0.4 is 4.74 Å². The van der Waals surface area contributed by atoms with Crippen LogP contribution in [0.2, 0.25) is 0 Å². The Bertz CT molecular complexity index is 450.